The highest BCUT2D eigenvalue weighted by atomic mass is 16.5. The Balaban J connectivity index is 1.98. The summed E-state index contributed by atoms with van der Waals surface area (Å²) in [4.78, 5) is 0. The van der Waals surface area contributed by atoms with Crippen LogP contribution in [0.1, 0.15) is 51.5 Å². The van der Waals surface area contributed by atoms with E-state index in [0.29, 0.717) is 11.8 Å². The minimum atomic E-state index is 0.353. The molecule has 0 spiro atoms. The van der Waals surface area contributed by atoms with Crippen molar-refractivity contribution in [2.75, 3.05) is 0 Å². The van der Waals surface area contributed by atoms with E-state index in [1.807, 2.05) is 31.2 Å². The summed E-state index contributed by atoms with van der Waals surface area (Å²) < 4.78 is 6.03. The second kappa shape index (κ2) is 6.60. The van der Waals surface area contributed by atoms with Crippen LogP contribution in [0.4, 0.5) is 0 Å². The van der Waals surface area contributed by atoms with Crippen molar-refractivity contribution in [2.45, 2.75) is 52.1 Å². The van der Waals surface area contributed by atoms with Gasteiger partial charge in [0.1, 0.15) is 5.75 Å². The van der Waals surface area contributed by atoms with Gasteiger partial charge in [-0.2, -0.15) is 0 Å². The van der Waals surface area contributed by atoms with E-state index in [0.717, 1.165) is 36.5 Å². The highest BCUT2D eigenvalue weighted by Crippen LogP contribution is 2.27. The Bertz CT molecular complexity index is 425. The Morgan fingerprint density at radius 2 is 2.05 bits per heavy atom. The maximum absolute atomic E-state index is 8.90. The number of hydrogen-bond donors (Lipinski definition) is 1. The van der Waals surface area contributed by atoms with E-state index in [1.165, 1.54) is 12.8 Å². The summed E-state index contributed by atoms with van der Waals surface area (Å²) in [6.45, 7) is 4.27. The molecular weight excluding hydrogens is 238 g/mol. The van der Waals surface area contributed by atoms with Gasteiger partial charge in [0.15, 0.2) is 0 Å². The largest absolute Gasteiger partial charge is 0.490 e. The molecule has 1 aromatic rings. The minimum Gasteiger partial charge on any atom is -0.490 e. The summed E-state index contributed by atoms with van der Waals surface area (Å²) in [7, 11) is 0. The lowest BCUT2D eigenvalue weighted by molar-refractivity contribution is 0.129. The second-order valence-electron chi connectivity index (χ2n) is 5.44. The predicted octanol–water partition coefficient (Wildman–Crippen LogP) is 4.23. The fourth-order valence-corrected chi connectivity index (χ4v) is 2.74. The van der Waals surface area contributed by atoms with Crippen LogP contribution in [-0.2, 0) is 0 Å². The molecule has 0 radical (unpaired) electrons. The zero-order valence-corrected chi connectivity index (χ0v) is 11.8. The quantitative estimate of drug-likeness (QED) is 0.500. The van der Waals surface area contributed by atoms with E-state index in [9.17, 15) is 0 Å². The van der Waals surface area contributed by atoms with Gasteiger partial charge in [-0.15, -0.1) is 0 Å². The molecule has 2 unspecified atom stereocenters. The second-order valence-corrected chi connectivity index (χ2v) is 5.44. The number of benzene rings is 1. The average molecular weight is 261 g/mol. The molecular formula is C16H23NO2. The van der Waals surface area contributed by atoms with E-state index >= 15 is 0 Å². The van der Waals surface area contributed by atoms with Gasteiger partial charge < -0.3 is 9.94 Å². The Morgan fingerprint density at radius 1 is 1.32 bits per heavy atom. The maximum atomic E-state index is 8.90. The minimum absolute atomic E-state index is 0.353. The summed E-state index contributed by atoms with van der Waals surface area (Å²) in [6, 6.07) is 7.85. The highest BCUT2D eigenvalue weighted by molar-refractivity contribution is 6.00. The lowest BCUT2D eigenvalue weighted by atomic mass is 9.89. The van der Waals surface area contributed by atoms with Crippen molar-refractivity contribution in [3.8, 4) is 5.75 Å². The van der Waals surface area contributed by atoms with Crippen LogP contribution in [0.5, 0.6) is 5.75 Å². The SMILES string of the molecule is CCC(=NO)c1ccc(OC2CCCC(C)C2)cc1. The van der Waals surface area contributed by atoms with Crippen LogP contribution in [0.15, 0.2) is 29.4 Å². The van der Waals surface area contributed by atoms with Gasteiger partial charge in [0, 0.05) is 0 Å². The number of ether oxygens (including phenoxy) is 1. The molecule has 1 saturated carbocycles. The van der Waals surface area contributed by atoms with Crippen LogP contribution in [0.25, 0.3) is 0 Å². The summed E-state index contributed by atoms with van der Waals surface area (Å²) in [5.74, 6) is 1.68. The summed E-state index contributed by atoms with van der Waals surface area (Å²) >= 11 is 0. The lowest BCUT2D eigenvalue weighted by Gasteiger charge is -2.27. The molecule has 19 heavy (non-hydrogen) atoms. The first-order valence-corrected chi connectivity index (χ1v) is 7.21. The Morgan fingerprint density at radius 3 is 2.63 bits per heavy atom. The lowest BCUT2D eigenvalue weighted by Crippen LogP contribution is -2.24. The van der Waals surface area contributed by atoms with E-state index < -0.39 is 0 Å². The summed E-state index contributed by atoms with van der Waals surface area (Å²) in [5.41, 5.74) is 1.66. The molecule has 1 aliphatic carbocycles. The first kappa shape index (κ1) is 13.9. The maximum Gasteiger partial charge on any atom is 0.119 e. The summed E-state index contributed by atoms with van der Waals surface area (Å²) in [6.07, 6.45) is 5.97. The van der Waals surface area contributed by atoms with Crippen molar-refractivity contribution in [3.05, 3.63) is 29.8 Å². The number of hydrogen-bond acceptors (Lipinski definition) is 3. The van der Waals surface area contributed by atoms with Crippen LogP contribution in [0, 0.1) is 5.92 Å². The molecule has 0 aromatic heterocycles. The monoisotopic (exact) mass is 261 g/mol. The topological polar surface area (TPSA) is 41.8 Å². The van der Waals surface area contributed by atoms with E-state index in [2.05, 4.69) is 12.1 Å². The van der Waals surface area contributed by atoms with E-state index in [1.54, 1.807) is 0 Å². The third kappa shape index (κ3) is 3.72. The van der Waals surface area contributed by atoms with Crippen LogP contribution in [0.3, 0.4) is 0 Å². The molecule has 104 valence electrons. The molecule has 2 atom stereocenters. The third-order valence-electron chi connectivity index (χ3n) is 3.83. The zero-order valence-electron chi connectivity index (χ0n) is 11.8. The molecule has 3 heteroatoms. The highest BCUT2D eigenvalue weighted by Gasteiger charge is 2.20. The molecule has 0 aliphatic heterocycles. The Labute approximate surface area is 115 Å². The van der Waals surface area contributed by atoms with Gasteiger partial charge in [-0.25, -0.2) is 0 Å². The van der Waals surface area contributed by atoms with Gasteiger partial charge in [-0.1, -0.05) is 25.4 Å². The van der Waals surface area contributed by atoms with Crippen LogP contribution >= 0.6 is 0 Å². The molecule has 3 nitrogen and oxygen atoms in total. The fraction of sp³-hybridized carbons (Fsp3) is 0.562. The fourth-order valence-electron chi connectivity index (χ4n) is 2.74. The van der Waals surface area contributed by atoms with Crippen LogP contribution in [0.2, 0.25) is 0 Å². The first-order chi connectivity index (χ1) is 9.22. The Kier molecular flexibility index (Phi) is 4.83. The van der Waals surface area contributed by atoms with Crippen LogP contribution in [-0.4, -0.2) is 17.0 Å². The molecule has 0 bridgehead atoms. The molecule has 1 fully saturated rings. The molecule has 1 N–H and O–H groups in total. The predicted molar refractivity (Wildman–Crippen MR) is 77.1 cm³/mol. The number of nitrogens with zero attached hydrogens (tertiary/aromatic N) is 1. The first-order valence-electron chi connectivity index (χ1n) is 7.21. The number of rotatable bonds is 4. The van der Waals surface area contributed by atoms with Gasteiger partial charge in [0.2, 0.25) is 0 Å². The molecule has 0 heterocycles. The van der Waals surface area contributed by atoms with Crippen molar-refractivity contribution >= 4 is 5.71 Å². The molecule has 2 rings (SSSR count). The van der Waals surface area contributed by atoms with Gasteiger partial charge >= 0.3 is 0 Å². The van der Waals surface area contributed by atoms with Crippen molar-refractivity contribution in [2.24, 2.45) is 11.1 Å². The molecule has 1 aromatic carbocycles. The van der Waals surface area contributed by atoms with Crippen molar-refractivity contribution in [1.82, 2.24) is 0 Å². The standard InChI is InChI=1S/C16H23NO2/c1-3-16(17-18)13-7-9-14(10-8-13)19-15-6-4-5-12(2)11-15/h7-10,12,15,18H,3-6,11H2,1-2H3. The smallest absolute Gasteiger partial charge is 0.119 e. The third-order valence-corrected chi connectivity index (χ3v) is 3.83. The van der Waals surface area contributed by atoms with Gasteiger partial charge in [-0.3, -0.25) is 0 Å². The van der Waals surface area contributed by atoms with E-state index in [-0.39, 0.29) is 0 Å². The molecule has 0 saturated heterocycles. The zero-order chi connectivity index (χ0) is 13.7. The molecule has 1 aliphatic rings. The normalized spacial score (nSPS) is 24.2. The van der Waals surface area contributed by atoms with Gasteiger partial charge in [-0.05, 0) is 61.4 Å². The average Bonchev–Trinajstić information content (AvgIpc) is 2.42. The van der Waals surface area contributed by atoms with Crippen LogP contribution < -0.4 is 4.74 Å². The van der Waals surface area contributed by atoms with Crippen molar-refractivity contribution in [3.63, 3.8) is 0 Å². The van der Waals surface area contributed by atoms with Crippen molar-refractivity contribution < 1.29 is 9.94 Å². The van der Waals surface area contributed by atoms with Gasteiger partial charge in [0.05, 0.1) is 11.8 Å². The van der Waals surface area contributed by atoms with Gasteiger partial charge in [0.25, 0.3) is 0 Å². The molecule has 0 amide bonds. The van der Waals surface area contributed by atoms with E-state index in [4.69, 9.17) is 9.94 Å². The summed E-state index contributed by atoms with van der Waals surface area (Å²) in [5, 5.41) is 12.2. The van der Waals surface area contributed by atoms with Crippen molar-refractivity contribution in [1.29, 1.82) is 0 Å². The Hall–Kier alpha value is -1.51. The number of oxime groups is 1.